The summed E-state index contributed by atoms with van der Waals surface area (Å²) in [5, 5.41) is 16.3. The minimum absolute atomic E-state index is 0.0968. The number of H-pyrrole nitrogens is 1. The molecule has 0 amide bonds. The number of imidazole rings is 1. The molecule has 0 saturated carbocycles. The maximum Gasteiger partial charge on any atom is 0.326 e. The summed E-state index contributed by atoms with van der Waals surface area (Å²) in [4.78, 5) is 15.1. The van der Waals surface area contributed by atoms with Crippen LogP contribution in [0.1, 0.15) is 43.4 Å². The maximum absolute atomic E-state index is 12.2. The van der Waals surface area contributed by atoms with E-state index in [4.69, 9.17) is 0 Å². The Morgan fingerprint density at radius 3 is 3.20 bits per heavy atom. The third-order valence-electron chi connectivity index (χ3n) is 4.92. The van der Waals surface area contributed by atoms with Crippen molar-refractivity contribution in [3.63, 3.8) is 0 Å². The Morgan fingerprint density at radius 1 is 1.52 bits per heavy atom. The number of hydrogen-bond donors (Lipinski definition) is 3. The summed E-state index contributed by atoms with van der Waals surface area (Å²) in [5.41, 5.74) is 4.56. The fourth-order valence-corrected chi connectivity index (χ4v) is 4.19. The number of rotatable bonds is 5. The molecule has 25 heavy (non-hydrogen) atoms. The molecule has 4 rings (SSSR count). The van der Waals surface area contributed by atoms with Crippen molar-refractivity contribution >= 4 is 28.3 Å². The molecule has 3 aromatic rings. The van der Waals surface area contributed by atoms with Gasteiger partial charge in [0.05, 0.1) is 17.1 Å². The van der Waals surface area contributed by atoms with Gasteiger partial charge in [-0.2, -0.15) is 0 Å². The Labute approximate surface area is 149 Å². The molecule has 0 spiro atoms. The lowest BCUT2D eigenvalue weighted by atomic mass is 10.0. The molecule has 132 valence electrons. The van der Waals surface area contributed by atoms with E-state index >= 15 is 0 Å². The molecule has 3 N–H and O–H groups in total. The van der Waals surface area contributed by atoms with Crippen LogP contribution in [0.15, 0.2) is 28.5 Å². The Morgan fingerprint density at radius 2 is 2.40 bits per heavy atom. The van der Waals surface area contributed by atoms with E-state index < -0.39 is 6.10 Å². The second kappa shape index (κ2) is 6.65. The summed E-state index contributed by atoms with van der Waals surface area (Å²) in [6, 6.07) is 4.14. The summed E-state index contributed by atoms with van der Waals surface area (Å²) in [5.74, 6) is 0. The quantitative estimate of drug-likeness (QED) is 0.655. The molecule has 0 radical (unpaired) electrons. The molecule has 0 unspecified atom stereocenters. The lowest BCUT2D eigenvalue weighted by Crippen LogP contribution is -2.18. The summed E-state index contributed by atoms with van der Waals surface area (Å²) in [7, 11) is 0. The van der Waals surface area contributed by atoms with Crippen LogP contribution in [0.5, 0.6) is 0 Å². The average molecular weight is 358 g/mol. The zero-order valence-electron chi connectivity index (χ0n) is 14.2. The van der Waals surface area contributed by atoms with Gasteiger partial charge in [0, 0.05) is 35.4 Å². The summed E-state index contributed by atoms with van der Waals surface area (Å²) >= 11 is 1.48. The van der Waals surface area contributed by atoms with E-state index in [0.29, 0.717) is 13.0 Å². The van der Waals surface area contributed by atoms with Gasteiger partial charge in [0.25, 0.3) is 0 Å². The highest BCUT2D eigenvalue weighted by molar-refractivity contribution is 7.03. The smallest absolute Gasteiger partial charge is 0.326 e. The lowest BCUT2D eigenvalue weighted by molar-refractivity contribution is 0.167. The van der Waals surface area contributed by atoms with Crippen molar-refractivity contribution in [2.45, 2.75) is 51.3 Å². The molecule has 2 aromatic heterocycles. The number of aliphatic hydroxyl groups is 1. The minimum atomic E-state index is -0.552. The maximum atomic E-state index is 12.2. The monoisotopic (exact) mass is 358 g/mol. The van der Waals surface area contributed by atoms with Crippen molar-refractivity contribution in [1.29, 1.82) is 0 Å². The third-order valence-corrected chi connectivity index (χ3v) is 5.55. The normalized spacial score (nSPS) is 18.2. The SMILES string of the molecule is C[C@H](CCc1cnsc1)Nc1ccc2[nH]c(=O)n3c2c1[C@H](O)CCC3. The Kier molecular flexibility index (Phi) is 4.35. The first-order valence-corrected chi connectivity index (χ1v) is 9.55. The average Bonchev–Trinajstić information content (AvgIpc) is 3.16. The molecule has 0 saturated heterocycles. The second-order valence-electron chi connectivity index (χ2n) is 6.78. The molecule has 3 heterocycles. The topological polar surface area (TPSA) is 82.9 Å². The van der Waals surface area contributed by atoms with Gasteiger partial charge in [-0.05, 0) is 61.8 Å². The number of nitrogens with one attached hydrogen (secondary N) is 2. The van der Waals surface area contributed by atoms with Crippen molar-refractivity contribution in [3.05, 3.63) is 45.3 Å². The first-order valence-electron chi connectivity index (χ1n) is 8.72. The predicted molar refractivity (Wildman–Crippen MR) is 100 cm³/mol. The van der Waals surface area contributed by atoms with E-state index in [2.05, 4.69) is 27.0 Å². The van der Waals surface area contributed by atoms with Crippen LogP contribution in [0.3, 0.4) is 0 Å². The van der Waals surface area contributed by atoms with Gasteiger partial charge in [-0.3, -0.25) is 4.57 Å². The molecule has 1 aromatic carbocycles. The van der Waals surface area contributed by atoms with Crippen molar-refractivity contribution < 1.29 is 5.11 Å². The van der Waals surface area contributed by atoms with Gasteiger partial charge < -0.3 is 15.4 Å². The number of hydrogen-bond acceptors (Lipinski definition) is 5. The van der Waals surface area contributed by atoms with Crippen LogP contribution >= 0.6 is 11.5 Å². The molecule has 1 aliphatic heterocycles. The van der Waals surface area contributed by atoms with E-state index in [1.165, 1.54) is 17.1 Å². The molecule has 0 fully saturated rings. The zero-order chi connectivity index (χ0) is 17.4. The third kappa shape index (κ3) is 3.09. The summed E-state index contributed by atoms with van der Waals surface area (Å²) in [6.45, 7) is 2.79. The fourth-order valence-electron chi connectivity index (χ4n) is 3.62. The van der Waals surface area contributed by atoms with Crippen LogP contribution in [0.2, 0.25) is 0 Å². The molecular formula is C18H22N4O2S. The number of aliphatic hydroxyl groups excluding tert-OH is 1. The predicted octanol–water partition coefficient (Wildman–Crippen LogP) is 3.05. The van der Waals surface area contributed by atoms with Crippen LogP contribution in [-0.4, -0.2) is 25.1 Å². The van der Waals surface area contributed by atoms with Gasteiger partial charge in [0.1, 0.15) is 0 Å². The van der Waals surface area contributed by atoms with Crippen molar-refractivity contribution in [2.24, 2.45) is 0 Å². The number of benzene rings is 1. The molecular weight excluding hydrogens is 336 g/mol. The largest absolute Gasteiger partial charge is 0.388 e. The van der Waals surface area contributed by atoms with Gasteiger partial charge in [-0.1, -0.05) is 0 Å². The van der Waals surface area contributed by atoms with E-state index in [0.717, 1.165) is 41.5 Å². The van der Waals surface area contributed by atoms with Gasteiger partial charge in [0.15, 0.2) is 0 Å². The van der Waals surface area contributed by atoms with Crippen LogP contribution < -0.4 is 11.0 Å². The van der Waals surface area contributed by atoms with Crippen LogP contribution in [-0.2, 0) is 13.0 Å². The Bertz CT molecular complexity index is 929. The minimum Gasteiger partial charge on any atom is -0.388 e. The Balaban J connectivity index is 1.64. The number of aromatic nitrogens is 3. The first kappa shape index (κ1) is 16.4. The molecule has 0 bridgehead atoms. The van der Waals surface area contributed by atoms with Gasteiger partial charge >= 0.3 is 5.69 Å². The number of aromatic amines is 1. The fraction of sp³-hybridized carbons (Fsp3) is 0.444. The van der Waals surface area contributed by atoms with E-state index in [-0.39, 0.29) is 11.7 Å². The highest BCUT2D eigenvalue weighted by atomic mass is 32.1. The zero-order valence-corrected chi connectivity index (χ0v) is 15.0. The van der Waals surface area contributed by atoms with Gasteiger partial charge in [-0.25, -0.2) is 9.17 Å². The summed E-state index contributed by atoms with van der Waals surface area (Å²) in [6.07, 6.45) is 4.78. The van der Waals surface area contributed by atoms with E-state index in [1.54, 1.807) is 4.57 Å². The molecule has 7 heteroatoms. The van der Waals surface area contributed by atoms with Crippen molar-refractivity contribution in [3.8, 4) is 0 Å². The number of anilines is 1. The molecule has 0 aliphatic carbocycles. The van der Waals surface area contributed by atoms with Crippen LogP contribution in [0, 0.1) is 0 Å². The first-order chi connectivity index (χ1) is 12.1. The van der Waals surface area contributed by atoms with Crippen molar-refractivity contribution in [2.75, 3.05) is 5.32 Å². The van der Waals surface area contributed by atoms with Crippen LogP contribution in [0.25, 0.3) is 11.0 Å². The van der Waals surface area contributed by atoms with E-state index in [1.807, 2.05) is 18.3 Å². The highest BCUT2D eigenvalue weighted by Gasteiger charge is 2.24. The van der Waals surface area contributed by atoms with Crippen LogP contribution in [0.4, 0.5) is 5.69 Å². The van der Waals surface area contributed by atoms with E-state index in [9.17, 15) is 9.90 Å². The molecule has 6 nitrogen and oxygen atoms in total. The lowest BCUT2D eigenvalue weighted by Gasteiger charge is -2.20. The number of aryl methyl sites for hydroxylation is 2. The molecule has 1 aliphatic rings. The van der Waals surface area contributed by atoms with Gasteiger partial charge in [0.2, 0.25) is 0 Å². The van der Waals surface area contributed by atoms with Crippen molar-refractivity contribution in [1.82, 2.24) is 13.9 Å². The van der Waals surface area contributed by atoms with Gasteiger partial charge in [-0.15, -0.1) is 0 Å². The second-order valence-corrected chi connectivity index (χ2v) is 7.44. The standard InChI is InChI=1S/C18H22N4O2S/c1-11(4-5-12-9-19-25-10-12)20-13-6-7-14-17-16(13)15(23)3-2-8-22(17)18(24)21-14/h6-7,9-11,15,20,23H,2-5,8H2,1H3,(H,21,24)/t11-,15-/m1/s1. The Hall–Kier alpha value is -2.12. The number of nitrogens with zero attached hydrogens (tertiary/aromatic N) is 2. The summed E-state index contributed by atoms with van der Waals surface area (Å²) < 4.78 is 5.90. The highest BCUT2D eigenvalue weighted by Crippen LogP contribution is 2.35. The molecule has 2 atom stereocenters.